The average Bonchev–Trinajstić information content (AvgIpc) is 2.66. The van der Waals surface area contributed by atoms with Crippen LogP contribution in [0.5, 0.6) is 0 Å². The van der Waals surface area contributed by atoms with Crippen molar-refractivity contribution in [2.24, 2.45) is 5.10 Å². The number of nitrogens with zero attached hydrogens (tertiary/aromatic N) is 2. The number of ether oxygens (including phenoxy) is 1. The minimum absolute atomic E-state index is 0.0744. The number of para-hydroxylation sites is 2. The molecule has 0 aliphatic heterocycles. The molecule has 0 bridgehead atoms. The predicted molar refractivity (Wildman–Crippen MR) is 105 cm³/mol. The van der Waals surface area contributed by atoms with Crippen LogP contribution in [0.1, 0.15) is 25.7 Å². The summed E-state index contributed by atoms with van der Waals surface area (Å²) in [5.41, 5.74) is 1.77. The Morgan fingerprint density at radius 1 is 1.00 bits per heavy atom. The van der Waals surface area contributed by atoms with E-state index >= 15 is 0 Å². The zero-order valence-corrected chi connectivity index (χ0v) is 15.5. The molecule has 0 saturated heterocycles. The van der Waals surface area contributed by atoms with Crippen LogP contribution in [0.3, 0.4) is 0 Å². The van der Waals surface area contributed by atoms with Crippen molar-refractivity contribution in [2.45, 2.75) is 36.6 Å². The van der Waals surface area contributed by atoms with E-state index in [0.29, 0.717) is 0 Å². The molecule has 0 radical (unpaired) electrons. The maximum Gasteiger partial charge on any atom is 0.351 e. The number of esters is 1. The van der Waals surface area contributed by atoms with Crippen molar-refractivity contribution in [3.8, 4) is 0 Å². The van der Waals surface area contributed by atoms with Crippen molar-refractivity contribution < 1.29 is 9.53 Å². The lowest BCUT2D eigenvalue weighted by atomic mass is 9.98. The van der Waals surface area contributed by atoms with Gasteiger partial charge < -0.3 is 4.74 Å². The summed E-state index contributed by atoms with van der Waals surface area (Å²) >= 11 is 3.60. The van der Waals surface area contributed by atoms with Crippen LogP contribution in [-0.2, 0) is 9.53 Å². The molecule has 25 heavy (non-hydrogen) atoms. The first-order valence-electron chi connectivity index (χ1n) is 8.53. The second-order valence-electron chi connectivity index (χ2n) is 6.00. The van der Waals surface area contributed by atoms with Gasteiger partial charge in [0, 0.05) is 0 Å². The zero-order valence-electron chi connectivity index (χ0n) is 13.9. The number of rotatable bonds is 5. The number of alkyl halides is 1. The Kier molecular flexibility index (Phi) is 6.23. The fraction of sp³-hybridized carbons (Fsp3) is 0.300. The largest absolute Gasteiger partial charge is 0.457 e. The van der Waals surface area contributed by atoms with E-state index < -0.39 is 5.97 Å². The summed E-state index contributed by atoms with van der Waals surface area (Å²) in [6, 6.07) is 19.5. The molecule has 1 fully saturated rings. The molecule has 0 amide bonds. The van der Waals surface area contributed by atoms with Crippen molar-refractivity contribution in [2.75, 3.05) is 5.01 Å². The van der Waals surface area contributed by atoms with Gasteiger partial charge in [-0.1, -0.05) is 58.7 Å². The minimum Gasteiger partial charge on any atom is -0.457 e. The Hall–Kier alpha value is -2.14. The predicted octanol–water partition coefficient (Wildman–Crippen LogP) is 5.06. The van der Waals surface area contributed by atoms with E-state index in [4.69, 9.17) is 4.74 Å². The molecule has 2 aromatic carbocycles. The molecule has 0 N–H and O–H groups in total. The summed E-state index contributed by atoms with van der Waals surface area (Å²) in [4.78, 5) is 12.4. The molecule has 5 heteroatoms. The third kappa shape index (κ3) is 4.92. The normalized spacial score (nSPS) is 20.4. The highest BCUT2D eigenvalue weighted by Gasteiger charge is 2.25. The maximum absolute atomic E-state index is 12.2. The summed E-state index contributed by atoms with van der Waals surface area (Å²) in [6.07, 6.45) is 5.39. The van der Waals surface area contributed by atoms with E-state index in [1.54, 1.807) is 5.01 Å². The zero-order chi connectivity index (χ0) is 17.5. The van der Waals surface area contributed by atoms with Crippen LogP contribution < -0.4 is 5.01 Å². The first-order chi connectivity index (χ1) is 12.2. The smallest absolute Gasteiger partial charge is 0.351 e. The number of hydrogen-bond donors (Lipinski definition) is 0. The van der Waals surface area contributed by atoms with E-state index in [1.807, 2.05) is 60.7 Å². The van der Waals surface area contributed by atoms with E-state index in [9.17, 15) is 4.79 Å². The second kappa shape index (κ2) is 8.81. The van der Waals surface area contributed by atoms with E-state index in [2.05, 4.69) is 21.0 Å². The van der Waals surface area contributed by atoms with Crippen molar-refractivity contribution >= 4 is 39.5 Å². The minimum atomic E-state index is -0.409. The fourth-order valence-corrected chi connectivity index (χ4v) is 3.59. The van der Waals surface area contributed by atoms with Gasteiger partial charge in [0.1, 0.15) is 12.3 Å². The molecule has 2 atom stereocenters. The highest BCUT2D eigenvalue weighted by molar-refractivity contribution is 9.09. The van der Waals surface area contributed by atoms with E-state index in [0.717, 1.165) is 30.6 Å². The monoisotopic (exact) mass is 400 g/mol. The van der Waals surface area contributed by atoms with Gasteiger partial charge >= 0.3 is 5.97 Å². The molecule has 1 aliphatic carbocycles. The summed E-state index contributed by atoms with van der Waals surface area (Å²) in [6.45, 7) is 0. The molecule has 130 valence electrons. The summed E-state index contributed by atoms with van der Waals surface area (Å²) in [7, 11) is 0. The van der Waals surface area contributed by atoms with Gasteiger partial charge in [-0.2, -0.15) is 5.10 Å². The lowest BCUT2D eigenvalue weighted by molar-refractivity contribution is -0.141. The van der Waals surface area contributed by atoms with Gasteiger partial charge in [-0.25, -0.2) is 9.80 Å². The van der Waals surface area contributed by atoms with Gasteiger partial charge in [-0.15, -0.1) is 0 Å². The molecular formula is C20H21BrN2O2. The van der Waals surface area contributed by atoms with Gasteiger partial charge in [0.25, 0.3) is 0 Å². The summed E-state index contributed by atoms with van der Waals surface area (Å²) < 4.78 is 5.56. The van der Waals surface area contributed by atoms with Crippen LogP contribution in [0.2, 0.25) is 0 Å². The Balaban J connectivity index is 1.73. The average molecular weight is 401 g/mol. The Morgan fingerprint density at radius 2 is 1.56 bits per heavy atom. The van der Waals surface area contributed by atoms with Crippen LogP contribution in [0.25, 0.3) is 0 Å². The topological polar surface area (TPSA) is 41.9 Å². The fourth-order valence-electron chi connectivity index (χ4n) is 2.89. The van der Waals surface area contributed by atoms with Gasteiger partial charge in [-0.3, -0.25) is 0 Å². The third-order valence-electron chi connectivity index (χ3n) is 4.17. The lowest BCUT2D eigenvalue weighted by Crippen LogP contribution is -2.31. The van der Waals surface area contributed by atoms with E-state index in [-0.39, 0.29) is 10.9 Å². The first-order valence-corrected chi connectivity index (χ1v) is 9.44. The molecular weight excluding hydrogens is 380 g/mol. The van der Waals surface area contributed by atoms with Crippen molar-refractivity contribution in [1.29, 1.82) is 0 Å². The van der Waals surface area contributed by atoms with Crippen LogP contribution >= 0.6 is 15.9 Å². The highest BCUT2D eigenvalue weighted by atomic mass is 79.9. The molecule has 2 aromatic rings. The van der Waals surface area contributed by atoms with Gasteiger partial charge in [0.05, 0.1) is 16.2 Å². The van der Waals surface area contributed by atoms with Crippen LogP contribution in [0.15, 0.2) is 65.8 Å². The van der Waals surface area contributed by atoms with Crippen LogP contribution in [0, 0.1) is 0 Å². The molecule has 0 spiro atoms. The SMILES string of the molecule is O=C(/C=N/N(c1ccccc1)c1ccccc1)O[C@@H]1CCCC[C@H]1Br. The number of carbonyl (C=O) groups excluding carboxylic acids is 1. The number of hydrazone groups is 1. The van der Waals surface area contributed by atoms with Gasteiger partial charge in [0.2, 0.25) is 0 Å². The first kappa shape index (κ1) is 17.7. The molecule has 0 heterocycles. The molecule has 0 unspecified atom stereocenters. The number of carbonyl (C=O) groups is 1. The van der Waals surface area contributed by atoms with Gasteiger partial charge in [0.15, 0.2) is 0 Å². The van der Waals surface area contributed by atoms with E-state index in [1.165, 1.54) is 12.6 Å². The number of hydrogen-bond acceptors (Lipinski definition) is 4. The highest BCUT2D eigenvalue weighted by Crippen LogP contribution is 2.27. The lowest BCUT2D eigenvalue weighted by Gasteiger charge is -2.26. The molecule has 0 aromatic heterocycles. The number of anilines is 2. The second-order valence-corrected chi connectivity index (χ2v) is 7.18. The maximum atomic E-state index is 12.2. The van der Waals surface area contributed by atoms with Crippen molar-refractivity contribution in [3.63, 3.8) is 0 Å². The molecule has 4 nitrogen and oxygen atoms in total. The Morgan fingerprint density at radius 3 is 2.12 bits per heavy atom. The summed E-state index contributed by atoms with van der Waals surface area (Å²) in [5.74, 6) is -0.409. The molecule has 1 aliphatic rings. The number of benzene rings is 2. The van der Waals surface area contributed by atoms with Crippen molar-refractivity contribution in [1.82, 2.24) is 0 Å². The van der Waals surface area contributed by atoms with Crippen molar-refractivity contribution in [3.05, 3.63) is 60.7 Å². The third-order valence-corrected chi connectivity index (χ3v) is 5.22. The standard InChI is InChI=1S/C20H21BrN2O2/c21-18-13-7-8-14-19(18)25-20(24)15-22-23(16-9-3-1-4-10-16)17-11-5-2-6-12-17/h1-6,9-12,15,18-19H,7-8,13-14H2/b22-15+/t18-,19-/m1/s1. The molecule has 1 saturated carbocycles. The molecule has 3 rings (SSSR count). The quantitative estimate of drug-likeness (QED) is 0.304. The van der Waals surface area contributed by atoms with Crippen LogP contribution in [0.4, 0.5) is 11.4 Å². The Bertz CT molecular complexity index is 667. The number of halogens is 1. The van der Waals surface area contributed by atoms with Gasteiger partial charge in [-0.05, 0) is 43.5 Å². The van der Waals surface area contributed by atoms with Crippen LogP contribution in [-0.4, -0.2) is 23.1 Å². The summed E-state index contributed by atoms with van der Waals surface area (Å²) in [5, 5.41) is 6.10. The Labute approximate surface area is 156 Å².